The molecule has 0 N–H and O–H groups in total. The van der Waals surface area contributed by atoms with Gasteiger partial charge >= 0.3 is 11.9 Å². The fourth-order valence-electron chi connectivity index (χ4n) is 1.85. The number of carbonyl (C=O) groups excluding carboxylic acids is 3. The number of esters is 2. The van der Waals surface area contributed by atoms with Gasteiger partial charge in [-0.2, -0.15) is 0 Å². The van der Waals surface area contributed by atoms with Gasteiger partial charge in [-0.3, -0.25) is 9.69 Å². The van der Waals surface area contributed by atoms with E-state index in [-0.39, 0.29) is 16.7 Å². The standard InChI is InChI=1S/C10H10ClNO5S/c1-4(13)12-5(9(14)16-2)3-18-7-6(11)10(15)17-8(7)12/h5,8H,3H2,1-2H3/t5-,8?/m0/s1. The van der Waals surface area contributed by atoms with Crippen LogP contribution in [-0.4, -0.2) is 47.9 Å². The number of nitrogens with zero attached hydrogens (tertiary/aromatic N) is 1. The molecule has 0 aromatic heterocycles. The van der Waals surface area contributed by atoms with Crippen molar-refractivity contribution in [2.24, 2.45) is 0 Å². The van der Waals surface area contributed by atoms with E-state index in [1.807, 2.05) is 0 Å². The van der Waals surface area contributed by atoms with E-state index >= 15 is 0 Å². The van der Waals surface area contributed by atoms with Gasteiger partial charge in [0.2, 0.25) is 12.1 Å². The second-order valence-electron chi connectivity index (χ2n) is 3.71. The zero-order valence-corrected chi connectivity index (χ0v) is 11.2. The predicted octanol–water partition coefficient (Wildman–Crippen LogP) is 0.457. The summed E-state index contributed by atoms with van der Waals surface area (Å²) in [7, 11) is 1.24. The molecule has 2 atom stereocenters. The van der Waals surface area contributed by atoms with E-state index in [0.29, 0.717) is 4.91 Å². The van der Waals surface area contributed by atoms with E-state index < -0.39 is 24.2 Å². The van der Waals surface area contributed by atoms with Gasteiger partial charge in [-0.15, -0.1) is 11.8 Å². The maximum atomic E-state index is 11.6. The van der Waals surface area contributed by atoms with Gasteiger partial charge in [0, 0.05) is 12.7 Å². The van der Waals surface area contributed by atoms with Gasteiger partial charge in [-0.25, -0.2) is 9.59 Å². The Morgan fingerprint density at radius 3 is 2.78 bits per heavy atom. The molecule has 0 spiro atoms. The molecular weight excluding hydrogens is 282 g/mol. The van der Waals surface area contributed by atoms with Crippen LogP contribution >= 0.6 is 23.4 Å². The summed E-state index contributed by atoms with van der Waals surface area (Å²) in [4.78, 5) is 36.3. The van der Waals surface area contributed by atoms with E-state index in [1.165, 1.54) is 30.7 Å². The maximum absolute atomic E-state index is 11.6. The Morgan fingerprint density at radius 1 is 1.56 bits per heavy atom. The van der Waals surface area contributed by atoms with Gasteiger partial charge in [0.1, 0.15) is 11.1 Å². The zero-order chi connectivity index (χ0) is 13.4. The van der Waals surface area contributed by atoms with Crippen LogP contribution in [0.3, 0.4) is 0 Å². The molecule has 0 radical (unpaired) electrons. The summed E-state index contributed by atoms with van der Waals surface area (Å²) in [5.74, 6) is -1.32. The summed E-state index contributed by atoms with van der Waals surface area (Å²) in [6, 6.07) is -0.776. The Labute approximate surface area is 112 Å². The van der Waals surface area contributed by atoms with Crippen molar-refractivity contribution in [3.05, 3.63) is 9.94 Å². The van der Waals surface area contributed by atoms with Gasteiger partial charge in [-0.05, 0) is 0 Å². The summed E-state index contributed by atoms with van der Waals surface area (Å²) in [6.45, 7) is 1.30. The van der Waals surface area contributed by atoms with Crippen LogP contribution in [0, 0.1) is 0 Å². The highest BCUT2D eigenvalue weighted by molar-refractivity contribution is 8.03. The molecule has 2 aliphatic rings. The summed E-state index contributed by atoms with van der Waals surface area (Å²) in [6.07, 6.45) is -0.912. The Hall–Kier alpha value is -1.21. The Morgan fingerprint density at radius 2 is 2.22 bits per heavy atom. The van der Waals surface area contributed by atoms with Crippen molar-refractivity contribution >= 4 is 41.2 Å². The monoisotopic (exact) mass is 291 g/mol. The van der Waals surface area contributed by atoms with E-state index in [2.05, 4.69) is 4.74 Å². The first-order chi connectivity index (χ1) is 8.47. The third-order valence-corrected chi connectivity index (χ3v) is 4.33. The number of hydrogen-bond acceptors (Lipinski definition) is 6. The maximum Gasteiger partial charge on any atom is 0.353 e. The van der Waals surface area contributed by atoms with E-state index in [1.54, 1.807) is 0 Å². The van der Waals surface area contributed by atoms with Gasteiger partial charge in [0.25, 0.3) is 0 Å². The zero-order valence-electron chi connectivity index (χ0n) is 9.64. The third kappa shape index (κ3) is 1.97. The van der Waals surface area contributed by atoms with Gasteiger partial charge in [0.15, 0.2) is 0 Å². The molecular formula is C10H10ClNO5S. The molecule has 2 heterocycles. The molecule has 1 fully saturated rings. The second kappa shape index (κ2) is 4.81. The van der Waals surface area contributed by atoms with Crippen LogP contribution in [0.2, 0.25) is 0 Å². The third-order valence-electron chi connectivity index (χ3n) is 2.66. The quantitative estimate of drug-likeness (QED) is 0.654. The summed E-state index contributed by atoms with van der Waals surface area (Å²) >= 11 is 7.02. The highest BCUT2D eigenvalue weighted by Crippen LogP contribution is 2.41. The Kier molecular flexibility index (Phi) is 3.54. The lowest BCUT2D eigenvalue weighted by molar-refractivity contribution is -0.165. The molecule has 2 rings (SSSR count). The molecule has 1 unspecified atom stereocenters. The minimum atomic E-state index is -0.912. The van der Waals surface area contributed by atoms with Crippen molar-refractivity contribution in [3.63, 3.8) is 0 Å². The van der Waals surface area contributed by atoms with Gasteiger partial charge < -0.3 is 9.47 Å². The fourth-order valence-corrected chi connectivity index (χ4v) is 3.30. The van der Waals surface area contributed by atoms with Crippen molar-refractivity contribution in [3.8, 4) is 0 Å². The van der Waals surface area contributed by atoms with Crippen molar-refractivity contribution in [1.29, 1.82) is 0 Å². The number of amides is 1. The molecule has 6 nitrogen and oxygen atoms in total. The molecule has 0 bridgehead atoms. The number of ether oxygens (including phenoxy) is 2. The first-order valence-corrected chi connectivity index (χ1v) is 6.44. The van der Waals surface area contributed by atoms with Crippen molar-refractivity contribution < 1.29 is 23.9 Å². The first-order valence-electron chi connectivity index (χ1n) is 5.07. The molecule has 0 aromatic rings. The highest BCUT2D eigenvalue weighted by Gasteiger charge is 2.47. The van der Waals surface area contributed by atoms with Crippen LogP contribution in [0.1, 0.15) is 6.92 Å². The summed E-state index contributed by atoms with van der Waals surface area (Å²) in [5, 5.41) is -0.0282. The van der Waals surface area contributed by atoms with Crippen molar-refractivity contribution in [1.82, 2.24) is 4.90 Å². The largest absolute Gasteiger partial charge is 0.467 e. The number of fused-ring (bicyclic) bond motifs is 1. The van der Waals surface area contributed by atoms with Crippen LogP contribution in [0.25, 0.3) is 0 Å². The van der Waals surface area contributed by atoms with E-state index in [9.17, 15) is 14.4 Å². The summed E-state index contributed by atoms with van der Waals surface area (Å²) in [5.41, 5.74) is 0. The molecule has 0 aliphatic carbocycles. The predicted molar refractivity (Wildman–Crippen MR) is 63.5 cm³/mol. The lowest BCUT2D eigenvalue weighted by Gasteiger charge is -2.37. The molecule has 1 saturated heterocycles. The molecule has 98 valence electrons. The van der Waals surface area contributed by atoms with Crippen LogP contribution in [0.4, 0.5) is 0 Å². The highest BCUT2D eigenvalue weighted by atomic mass is 35.5. The fraction of sp³-hybridized carbons (Fsp3) is 0.500. The molecule has 8 heteroatoms. The number of rotatable bonds is 1. The number of thioether (sulfide) groups is 1. The number of halogens is 1. The molecule has 2 aliphatic heterocycles. The normalized spacial score (nSPS) is 26.8. The van der Waals surface area contributed by atoms with E-state index in [4.69, 9.17) is 16.3 Å². The smallest absolute Gasteiger partial charge is 0.353 e. The number of methoxy groups -OCH3 is 1. The van der Waals surface area contributed by atoms with Crippen LogP contribution in [-0.2, 0) is 23.9 Å². The Balaban J connectivity index is 2.35. The first kappa shape index (κ1) is 13.2. The van der Waals surface area contributed by atoms with Gasteiger partial charge in [-0.1, -0.05) is 11.6 Å². The SMILES string of the molecule is COC(=O)[C@@H]1CSC2=C(Cl)C(=O)OC2N1C(C)=O. The average molecular weight is 292 g/mol. The molecule has 18 heavy (non-hydrogen) atoms. The topological polar surface area (TPSA) is 72.9 Å². The number of carbonyl (C=O) groups is 3. The van der Waals surface area contributed by atoms with Crippen LogP contribution < -0.4 is 0 Å². The minimum Gasteiger partial charge on any atom is -0.467 e. The van der Waals surface area contributed by atoms with Crippen molar-refractivity contribution in [2.75, 3.05) is 12.9 Å². The van der Waals surface area contributed by atoms with E-state index in [0.717, 1.165) is 0 Å². The minimum absolute atomic E-state index is 0.0282. The van der Waals surface area contributed by atoms with Crippen LogP contribution in [0.5, 0.6) is 0 Å². The van der Waals surface area contributed by atoms with Crippen molar-refractivity contribution in [2.45, 2.75) is 19.2 Å². The Bertz CT molecular complexity index is 463. The summed E-state index contributed by atoms with van der Waals surface area (Å²) < 4.78 is 9.64. The lowest BCUT2D eigenvalue weighted by atomic mass is 10.2. The molecule has 0 saturated carbocycles. The van der Waals surface area contributed by atoms with Crippen LogP contribution in [0.15, 0.2) is 9.94 Å². The second-order valence-corrected chi connectivity index (χ2v) is 5.15. The molecule has 1 amide bonds. The van der Waals surface area contributed by atoms with Gasteiger partial charge in [0.05, 0.1) is 12.0 Å². The lowest BCUT2D eigenvalue weighted by Crippen LogP contribution is -2.54. The average Bonchev–Trinajstić information content (AvgIpc) is 2.63. The molecule has 0 aromatic carbocycles. The number of hydrogen-bond donors (Lipinski definition) is 0.